The van der Waals surface area contributed by atoms with Gasteiger partial charge in [0, 0.05) is 28.8 Å². The van der Waals surface area contributed by atoms with Crippen molar-refractivity contribution < 1.29 is 8.42 Å². The molecule has 0 N–H and O–H groups in total. The summed E-state index contributed by atoms with van der Waals surface area (Å²) in [6, 6.07) is 7.02. The Kier molecular flexibility index (Phi) is 4.40. The Morgan fingerprint density at radius 2 is 2.07 bits per heavy atom. The van der Waals surface area contributed by atoms with Gasteiger partial charge in [-0.05, 0) is 17.7 Å². The third-order valence-corrected chi connectivity index (χ3v) is 3.73. The summed E-state index contributed by atoms with van der Waals surface area (Å²) in [5, 5.41) is 0.579. The number of nitrogens with zero attached hydrogens (tertiary/aromatic N) is 1. The van der Waals surface area contributed by atoms with Crippen LogP contribution in [0.1, 0.15) is 12.5 Å². The lowest BCUT2D eigenvalue weighted by Gasteiger charge is -2.15. The molecule has 15 heavy (non-hydrogen) atoms. The highest BCUT2D eigenvalue weighted by molar-refractivity contribution is 8.11. The van der Waals surface area contributed by atoms with E-state index in [0.717, 1.165) is 5.56 Å². The predicted molar refractivity (Wildman–Crippen MR) is 62.3 cm³/mol. The Morgan fingerprint density at radius 1 is 1.40 bits per heavy atom. The highest BCUT2D eigenvalue weighted by Gasteiger charge is 2.16. The van der Waals surface area contributed by atoms with E-state index in [4.69, 9.17) is 22.3 Å². The Balaban J connectivity index is 2.85. The van der Waals surface area contributed by atoms with Crippen molar-refractivity contribution in [3.63, 3.8) is 0 Å². The monoisotopic (exact) mass is 267 g/mol. The minimum atomic E-state index is -3.66. The van der Waals surface area contributed by atoms with E-state index in [1.165, 1.54) is 4.31 Å². The van der Waals surface area contributed by atoms with E-state index in [2.05, 4.69) is 0 Å². The lowest BCUT2D eigenvalue weighted by Crippen LogP contribution is -2.26. The molecular weight excluding hydrogens is 257 g/mol. The summed E-state index contributed by atoms with van der Waals surface area (Å²) in [5.74, 6) is 0. The van der Waals surface area contributed by atoms with Crippen LogP contribution in [0.3, 0.4) is 0 Å². The van der Waals surface area contributed by atoms with Gasteiger partial charge in [0.15, 0.2) is 0 Å². The summed E-state index contributed by atoms with van der Waals surface area (Å²) in [6.07, 6.45) is 0. The molecule has 0 aliphatic carbocycles. The molecule has 0 atom stereocenters. The molecule has 0 aliphatic heterocycles. The van der Waals surface area contributed by atoms with E-state index in [1.807, 2.05) is 0 Å². The number of benzene rings is 1. The molecule has 0 fully saturated rings. The number of rotatable bonds is 4. The first-order valence-corrected chi connectivity index (χ1v) is 7.02. The summed E-state index contributed by atoms with van der Waals surface area (Å²) < 4.78 is 23.4. The molecule has 84 valence electrons. The van der Waals surface area contributed by atoms with Crippen LogP contribution < -0.4 is 0 Å². The van der Waals surface area contributed by atoms with Crippen LogP contribution in [0, 0.1) is 0 Å². The average molecular weight is 268 g/mol. The molecule has 0 aromatic heterocycles. The maximum atomic E-state index is 11.1. The normalized spacial score (nSPS) is 12.0. The summed E-state index contributed by atoms with van der Waals surface area (Å²) in [7, 11) is 1.59. The van der Waals surface area contributed by atoms with Crippen LogP contribution in [0.5, 0.6) is 0 Å². The number of hydrogen-bond donors (Lipinski definition) is 0. The van der Waals surface area contributed by atoms with E-state index >= 15 is 0 Å². The topological polar surface area (TPSA) is 37.4 Å². The van der Waals surface area contributed by atoms with Crippen molar-refractivity contribution in [1.29, 1.82) is 0 Å². The molecule has 0 amide bonds. The molecule has 0 saturated carbocycles. The lowest BCUT2D eigenvalue weighted by molar-refractivity contribution is 0.435. The molecule has 0 heterocycles. The molecule has 3 nitrogen and oxygen atoms in total. The quantitative estimate of drug-likeness (QED) is 0.787. The number of hydrogen-bond acceptors (Lipinski definition) is 2. The second kappa shape index (κ2) is 5.16. The maximum absolute atomic E-state index is 11.1. The van der Waals surface area contributed by atoms with Crippen molar-refractivity contribution >= 4 is 31.5 Å². The second-order valence-electron chi connectivity index (χ2n) is 3.00. The van der Waals surface area contributed by atoms with Gasteiger partial charge in [0.1, 0.15) is 0 Å². The third kappa shape index (κ3) is 3.99. The second-order valence-corrected chi connectivity index (χ2v) is 5.95. The summed E-state index contributed by atoms with van der Waals surface area (Å²) in [4.78, 5) is 0. The zero-order chi connectivity index (χ0) is 11.5. The smallest absolute Gasteiger partial charge is 0.195 e. The molecule has 1 aromatic carbocycles. The van der Waals surface area contributed by atoms with E-state index in [-0.39, 0.29) is 6.54 Å². The average Bonchev–Trinajstić information content (AvgIpc) is 2.12. The molecule has 0 radical (unpaired) electrons. The lowest BCUT2D eigenvalue weighted by atomic mass is 10.2. The first-order valence-electron chi connectivity index (χ1n) is 4.37. The van der Waals surface area contributed by atoms with Crippen molar-refractivity contribution in [2.45, 2.75) is 13.5 Å². The van der Waals surface area contributed by atoms with Crippen molar-refractivity contribution in [2.75, 3.05) is 6.54 Å². The van der Waals surface area contributed by atoms with Gasteiger partial charge in [-0.15, -0.1) is 0 Å². The third-order valence-electron chi connectivity index (χ3n) is 1.91. The Labute approximate surface area is 99.2 Å². The van der Waals surface area contributed by atoms with Crippen LogP contribution in [-0.2, 0) is 15.8 Å². The maximum Gasteiger partial charge on any atom is 0.300 e. The first-order chi connectivity index (χ1) is 6.93. The molecule has 0 unspecified atom stereocenters. The van der Waals surface area contributed by atoms with Crippen molar-refractivity contribution in [1.82, 2.24) is 4.31 Å². The fourth-order valence-electron chi connectivity index (χ4n) is 1.18. The van der Waals surface area contributed by atoms with E-state index in [9.17, 15) is 8.42 Å². The molecule has 0 bridgehead atoms. The molecule has 0 saturated heterocycles. The van der Waals surface area contributed by atoms with Crippen LogP contribution >= 0.6 is 22.3 Å². The van der Waals surface area contributed by atoms with E-state index in [1.54, 1.807) is 31.2 Å². The summed E-state index contributed by atoms with van der Waals surface area (Å²) >= 11 is 5.78. The summed E-state index contributed by atoms with van der Waals surface area (Å²) in [6.45, 7) is 2.30. The molecule has 0 aliphatic rings. The van der Waals surface area contributed by atoms with Crippen LogP contribution in [0.25, 0.3) is 0 Å². The van der Waals surface area contributed by atoms with Crippen LogP contribution in [0.4, 0.5) is 0 Å². The molecule has 6 heteroatoms. The van der Waals surface area contributed by atoms with Crippen molar-refractivity contribution in [3.05, 3.63) is 34.9 Å². The van der Waals surface area contributed by atoms with Gasteiger partial charge < -0.3 is 0 Å². The van der Waals surface area contributed by atoms with Crippen LogP contribution in [0.2, 0.25) is 5.02 Å². The largest absolute Gasteiger partial charge is 0.300 e. The zero-order valence-electron chi connectivity index (χ0n) is 8.15. The Hall–Kier alpha value is -0.290. The van der Waals surface area contributed by atoms with Gasteiger partial charge in [0.2, 0.25) is 0 Å². The van der Waals surface area contributed by atoms with E-state index in [0.29, 0.717) is 11.6 Å². The first kappa shape index (κ1) is 12.8. The Bertz CT molecular complexity index is 433. The minimum Gasteiger partial charge on any atom is -0.195 e. The van der Waals surface area contributed by atoms with Crippen LogP contribution in [0.15, 0.2) is 24.3 Å². The summed E-state index contributed by atoms with van der Waals surface area (Å²) in [5.41, 5.74) is 0.813. The fraction of sp³-hybridized carbons (Fsp3) is 0.333. The van der Waals surface area contributed by atoms with Crippen molar-refractivity contribution in [2.24, 2.45) is 0 Å². The van der Waals surface area contributed by atoms with Gasteiger partial charge in [-0.2, -0.15) is 12.7 Å². The Morgan fingerprint density at radius 3 is 2.53 bits per heavy atom. The highest BCUT2D eigenvalue weighted by atomic mass is 35.7. The molecule has 1 aromatic rings. The van der Waals surface area contributed by atoms with Gasteiger partial charge in [-0.1, -0.05) is 30.7 Å². The SMILES string of the molecule is CCN(Cc1cccc(Cl)c1)S(=O)(=O)Cl. The van der Waals surface area contributed by atoms with E-state index < -0.39 is 9.24 Å². The molecule has 0 spiro atoms. The number of halogens is 2. The molecule has 1 rings (SSSR count). The van der Waals surface area contributed by atoms with Gasteiger partial charge >= 0.3 is 0 Å². The van der Waals surface area contributed by atoms with Crippen molar-refractivity contribution in [3.8, 4) is 0 Å². The highest BCUT2D eigenvalue weighted by Crippen LogP contribution is 2.15. The minimum absolute atomic E-state index is 0.239. The van der Waals surface area contributed by atoms with Crippen LogP contribution in [-0.4, -0.2) is 19.3 Å². The van der Waals surface area contributed by atoms with Gasteiger partial charge in [0.25, 0.3) is 9.24 Å². The van der Waals surface area contributed by atoms with Gasteiger partial charge in [-0.3, -0.25) is 0 Å². The van der Waals surface area contributed by atoms with Gasteiger partial charge in [-0.25, -0.2) is 0 Å². The zero-order valence-corrected chi connectivity index (χ0v) is 10.5. The van der Waals surface area contributed by atoms with Gasteiger partial charge in [0.05, 0.1) is 0 Å². The fourth-order valence-corrected chi connectivity index (χ4v) is 2.45. The standard InChI is InChI=1S/C9H11Cl2NO2S/c1-2-12(15(11,13)14)7-8-4-3-5-9(10)6-8/h3-6H,2,7H2,1H3. The predicted octanol–water partition coefficient (Wildman–Crippen LogP) is 2.65. The molecular formula is C9H11Cl2NO2S.